The van der Waals surface area contributed by atoms with Crippen molar-refractivity contribution in [2.45, 2.75) is 178 Å². The Balaban J connectivity index is 1.22. The van der Waals surface area contributed by atoms with Crippen molar-refractivity contribution >= 4 is 39.2 Å². The molecule has 4 aromatic carbocycles. The third-order valence-corrected chi connectivity index (χ3v) is 24.7. The fourth-order valence-electron chi connectivity index (χ4n) is 10.1. The van der Waals surface area contributed by atoms with E-state index >= 15 is 17.6 Å². The number of anilines is 2. The molecule has 6 rings (SSSR count). The number of sulfonamides is 2. The van der Waals surface area contributed by atoms with E-state index in [1.807, 2.05) is 0 Å². The van der Waals surface area contributed by atoms with Crippen molar-refractivity contribution in [2.75, 3.05) is 9.44 Å². The molecule has 0 saturated heterocycles. The van der Waals surface area contributed by atoms with Gasteiger partial charge in [-0.1, -0.05) is 117 Å². The Morgan fingerprint density at radius 2 is 0.761 bits per heavy atom. The van der Waals surface area contributed by atoms with E-state index in [2.05, 4.69) is 23.3 Å². The first-order valence-corrected chi connectivity index (χ1v) is 32.3. The van der Waals surface area contributed by atoms with E-state index in [-0.39, 0.29) is 22.6 Å². The van der Waals surface area contributed by atoms with Gasteiger partial charge in [0.1, 0.15) is 0 Å². The molecular weight excluding hydrogens is 977 g/mol. The third-order valence-electron chi connectivity index (χ3n) is 14.0. The first kappa shape index (κ1) is 56.1. The molecule has 0 saturated carbocycles. The molecule has 0 heterocycles. The third kappa shape index (κ3) is 14.9. The van der Waals surface area contributed by atoms with Gasteiger partial charge in [-0.25, -0.2) is 0 Å². The summed E-state index contributed by atoms with van der Waals surface area (Å²) in [7, 11) is -8.86. The monoisotopic (exact) mass is 1050 g/mol. The van der Waals surface area contributed by atoms with Crippen LogP contribution in [0.2, 0.25) is 0 Å². The van der Waals surface area contributed by atoms with Gasteiger partial charge in [-0.3, -0.25) is 0 Å². The molecule has 2 aliphatic rings. The van der Waals surface area contributed by atoms with Gasteiger partial charge >= 0.3 is 312 Å². The standard InChI is InChI=1S/2C24H32F2NO2S.2C5H5.Ti/c2*1-2-3-4-5-6-7-8-9-10-11-12-20-13-16-22(17-14-20)30(28,29)27-24-18-15-21(25)19-23(24)26;2*1-2-4-5-3-1;/h2*13-18,27H,2-12H2,1H3;2*1-3H,4H2;. The van der Waals surface area contributed by atoms with Gasteiger partial charge in [-0.05, 0) is 0 Å². The van der Waals surface area contributed by atoms with Crippen LogP contribution in [0, 0.1) is 23.3 Å². The molecule has 0 bridgehead atoms. The van der Waals surface area contributed by atoms with E-state index in [9.17, 15) is 16.8 Å². The fraction of sp³-hybridized carbons (Fsp3) is 0.448. The van der Waals surface area contributed by atoms with Crippen molar-refractivity contribution in [3.8, 4) is 0 Å². The maximum absolute atomic E-state index is 17.6. The van der Waals surface area contributed by atoms with Crippen LogP contribution in [-0.2, 0) is 49.5 Å². The second-order valence-corrected chi connectivity index (χ2v) is 28.6. The van der Waals surface area contributed by atoms with Crippen LogP contribution in [0.5, 0.6) is 0 Å². The minimum absolute atomic E-state index is 0.109. The van der Waals surface area contributed by atoms with Gasteiger partial charge in [-0.15, -0.1) is 0 Å². The molecule has 2 N–H and O–H groups in total. The molecule has 0 amide bonds. The number of unbranched alkanes of at least 4 members (excludes halogenated alkanes) is 18. The molecule has 2 aliphatic carbocycles. The number of halogens is 4. The van der Waals surface area contributed by atoms with Crippen molar-refractivity contribution in [2.24, 2.45) is 0 Å². The summed E-state index contributed by atoms with van der Waals surface area (Å²) in [5.74, 6) is -4.81. The summed E-state index contributed by atoms with van der Waals surface area (Å²) in [4.78, 5) is -0.262. The molecule has 4 aromatic rings. The first-order valence-electron chi connectivity index (χ1n) is 26.3. The van der Waals surface area contributed by atoms with Crippen LogP contribution in [0.1, 0.15) is 166 Å². The summed E-state index contributed by atoms with van der Waals surface area (Å²) in [5, 5.41) is 0. The van der Waals surface area contributed by atoms with Crippen LogP contribution in [-0.4, -0.2) is 16.8 Å². The van der Waals surface area contributed by atoms with Crippen LogP contribution < -0.4 is 17.2 Å². The summed E-state index contributed by atoms with van der Waals surface area (Å²) in [6, 6.07) is 16.5. The Hall–Kier alpha value is -4.23. The summed E-state index contributed by atoms with van der Waals surface area (Å²) in [5.41, 5.74) is 0.765. The van der Waals surface area contributed by atoms with E-state index in [1.54, 1.807) is 60.7 Å². The second-order valence-electron chi connectivity index (χ2n) is 19.3. The number of benzene rings is 4. The van der Waals surface area contributed by atoms with Crippen molar-refractivity contribution in [1.82, 2.24) is 0 Å². The molecule has 0 aromatic heterocycles. The van der Waals surface area contributed by atoms with Crippen molar-refractivity contribution in [3.05, 3.63) is 151 Å². The molecule has 0 unspecified atom stereocenters. The molecule has 0 radical (unpaired) electrons. The summed E-state index contributed by atoms with van der Waals surface area (Å²) < 4.78 is 129. The van der Waals surface area contributed by atoms with Crippen molar-refractivity contribution in [3.63, 3.8) is 0 Å². The van der Waals surface area contributed by atoms with E-state index in [1.165, 1.54) is 114 Å². The molecule has 384 valence electrons. The molecule has 0 spiro atoms. The average Bonchev–Trinajstić information content (AvgIpc) is 4.11. The zero-order valence-electron chi connectivity index (χ0n) is 41.8. The topological polar surface area (TPSA) is 92.3 Å². The summed E-state index contributed by atoms with van der Waals surface area (Å²) in [6.07, 6.45) is 35.9. The summed E-state index contributed by atoms with van der Waals surface area (Å²) in [6.45, 7) is 4.43. The number of hydrogen-bond acceptors (Lipinski definition) is 4. The van der Waals surface area contributed by atoms with Crippen LogP contribution >= 0.6 is 0 Å². The molecule has 6 nitrogen and oxygen atoms in total. The van der Waals surface area contributed by atoms with Gasteiger partial charge in [0.25, 0.3) is 0 Å². The maximum atomic E-state index is 17.6. The first-order chi connectivity index (χ1) is 34.3. The van der Waals surface area contributed by atoms with Gasteiger partial charge in [0.05, 0.1) is 0 Å². The Morgan fingerprint density at radius 1 is 0.437 bits per heavy atom. The van der Waals surface area contributed by atoms with Crippen LogP contribution in [0.15, 0.2) is 127 Å². The molecule has 0 aliphatic heterocycles. The molecule has 71 heavy (non-hydrogen) atoms. The van der Waals surface area contributed by atoms with Crippen LogP contribution in [0.25, 0.3) is 0 Å². The normalized spacial score (nSPS) is 13.8. The van der Waals surface area contributed by atoms with Crippen LogP contribution in [0.4, 0.5) is 28.9 Å². The Morgan fingerprint density at radius 3 is 1.07 bits per heavy atom. The van der Waals surface area contributed by atoms with Crippen molar-refractivity contribution in [1.29, 1.82) is 0 Å². The van der Waals surface area contributed by atoms with Gasteiger partial charge in [0.15, 0.2) is 0 Å². The van der Waals surface area contributed by atoms with E-state index in [0.29, 0.717) is 7.76 Å². The number of hydrogen-bond donors (Lipinski definition) is 2. The summed E-state index contributed by atoms with van der Waals surface area (Å²) >= 11 is -5.50. The number of rotatable bonds is 32. The molecule has 0 atom stereocenters. The van der Waals surface area contributed by atoms with Gasteiger partial charge in [-0.2, -0.15) is 0 Å². The zero-order valence-corrected chi connectivity index (χ0v) is 45.0. The minimum atomic E-state index is -5.50. The van der Waals surface area contributed by atoms with E-state index in [4.69, 9.17) is 0 Å². The number of nitrogens with one attached hydrogen (secondary N) is 2. The number of aryl methyl sites for hydroxylation is 2. The number of allylic oxidation sites excluding steroid dienone is 8. The van der Waals surface area contributed by atoms with Gasteiger partial charge < -0.3 is 0 Å². The SMILES string of the molecule is CCCCCCCCCCCCc1ccc(S(=O)(=O)Nc2ccc(F)[c]([Ti]([C]3=CC=CC3)([C]3=CC=CC3)[c]3c(F)ccc(NS(=O)(=O)c4ccc(CCCCCCCCCCCC)cc4)c3F)c2F)cc1. The van der Waals surface area contributed by atoms with E-state index in [0.717, 1.165) is 86.8 Å². The predicted octanol–water partition coefficient (Wildman–Crippen LogP) is 15.6. The average molecular weight is 1050 g/mol. The Kier molecular flexibility index (Phi) is 21.9. The van der Waals surface area contributed by atoms with Gasteiger partial charge in [0.2, 0.25) is 0 Å². The quantitative estimate of drug-likeness (QED) is 0.0290. The molecular formula is C58H74F4N2O4S2Ti. The fourth-order valence-corrected chi connectivity index (χ4v) is 20.5. The predicted molar refractivity (Wildman–Crippen MR) is 281 cm³/mol. The van der Waals surface area contributed by atoms with Crippen molar-refractivity contribution < 1.29 is 51.0 Å². The second kappa shape index (κ2) is 27.7. The van der Waals surface area contributed by atoms with Gasteiger partial charge in [0, 0.05) is 0 Å². The van der Waals surface area contributed by atoms with E-state index < -0.39 is 79.0 Å². The Bertz CT molecular complexity index is 2530. The zero-order chi connectivity index (χ0) is 50.7. The molecule has 13 heteroatoms. The Labute approximate surface area is 426 Å². The van der Waals surface area contributed by atoms with Crippen LogP contribution in [0.3, 0.4) is 0 Å². The molecule has 0 fully saturated rings.